The number of hydrogen-bond donors (Lipinski definition) is 2. The minimum absolute atomic E-state index is 0.371. The van der Waals surface area contributed by atoms with Gasteiger partial charge in [0.05, 0.1) is 5.52 Å². The normalized spacial score (nSPS) is 12.0. The Bertz CT molecular complexity index is 655. The minimum Gasteiger partial charge on any atom is -0.480 e. The van der Waals surface area contributed by atoms with Gasteiger partial charge in [0, 0.05) is 17.1 Å². The molecule has 1 heterocycles. The van der Waals surface area contributed by atoms with Gasteiger partial charge in [0.15, 0.2) is 0 Å². The monoisotopic (exact) mass is 286 g/mol. The van der Waals surface area contributed by atoms with Crippen LogP contribution in [-0.4, -0.2) is 28.0 Å². The summed E-state index contributed by atoms with van der Waals surface area (Å²) in [4.78, 5) is 27.5. The van der Waals surface area contributed by atoms with Crippen LogP contribution in [0.1, 0.15) is 36.5 Å². The first-order valence-electron chi connectivity index (χ1n) is 7.00. The van der Waals surface area contributed by atoms with Crippen molar-refractivity contribution in [3.8, 4) is 0 Å². The Morgan fingerprint density at radius 3 is 2.86 bits per heavy atom. The third-order valence-electron chi connectivity index (χ3n) is 3.31. The van der Waals surface area contributed by atoms with E-state index in [0.717, 1.165) is 23.7 Å². The average Bonchev–Trinajstić information content (AvgIpc) is 2.50. The van der Waals surface area contributed by atoms with Crippen LogP contribution in [0.2, 0.25) is 0 Å². The van der Waals surface area contributed by atoms with Crippen LogP contribution >= 0.6 is 0 Å². The van der Waals surface area contributed by atoms with Gasteiger partial charge in [-0.3, -0.25) is 9.78 Å². The maximum Gasteiger partial charge on any atom is 0.326 e. The molecule has 110 valence electrons. The number of carboxylic acid groups (broad SMARTS) is 1. The number of aromatic nitrogens is 1. The molecule has 2 N–H and O–H groups in total. The molecule has 1 aromatic carbocycles. The summed E-state index contributed by atoms with van der Waals surface area (Å²) >= 11 is 0. The average molecular weight is 286 g/mol. The van der Waals surface area contributed by atoms with Crippen molar-refractivity contribution in [1.29, 1.82) is 0 Å². The number of rotatable bonds is 6. The molecule has 1 amide bonds. The van der Waals surface area contributed by atoms with Gasteiger partial charge in [-0.15, -0.1) is 0 Å². The van der Waals surface area contributed by atoms with E-state index in [1.165, 1.54) is 0 Å². The predicted molar refractivity (Wildman–Crippen MR) is 80.2 cm³/mol. The topological polar surface area (TPSA) is 79.3 Å². The molecule has 0 spiro atoms. The Kier molecular flexibility index (Phi) is 4.87. The van der Waals surface area contributed by atoms with E-state index in [2.05, 4.69) is 10.3 Å². The molecule has 5 nitrogen and oxygen atoms in total. The Morgan fingerprint density at radius 1 is 1.33 bits per heavy atom. The largest absolute Gasteiger partial charge is 0.480 e. The molecule has 0 saturated carbocycles. The zero-order valence-corrected chi connectivity index (χ0v) is 11.9. The lowest BCUT2D eigenvalue weighted by molar-refractivity contribution is -0.139. The summed E-state index contributed by atoms with van der Waals surface area (Å²) in [6.45, 7) is 1.98. The second-order valence-corrected chi connectivity index (χ2v) is 4.92. The number of carbonyl (C=O) groups excluding carboxylic acids is 1. The molecular weight excluding hydrogens is 268 g/mol. The SMILES string of the molecule is CCCC[C@H](NC(=O)c1ccc2ncccc2c1)C(=O)O. The Morgan fingerprint density at radius 2 is 2.14 bits per heavy atom. The highest BCUT2D eigenvalue weighted by atomic mass is 16.4. The van der Waals surface area contributed by atoms with E-state index in [-0.39, 0.29) is 5.91 Å². The van der Waals surface area contributed by atoms with Crippen molar-refractivity contribution >= 4 is 22.8 Å². The molecule has 1 atom stereocenters. The first-order valence-corrected chi connectivity index (χ1v) is 7.00. The third-order valence-corrected chi connectivity index (χ3v) is 3.31. The second-order valence-electron chi connectivity index (χ2n) is 4.92. The summed E-state index contributed by atoms with van der Waals surface area (Å²) in [5.74, 6) is -1.37. The maximum atomic E-state index is 12.2. The van der Waals surface area contributed by atoms with Crippen molar-refractivity contribution in [2.24, 2.45) is 0 Å². The molecule has 0 radical (unpaired) electrons. The summed E-state index contributed by atoms with van der Waals surface area (Å²) in [6, 6.07) is 7.95. The van der Waals surface area contributed by atoms with Gasteiger partial charge in [0.25, 0.3) is 5.91 Å². The van der Waals surface area contributed by atoms with Gasteiger partial charge in [-0.1, -0.05) is 25.8 Å². The van der Waals surface area contributed by atoms with E-state index >= 15 is 0 Å². The smallest absolute Gasteiger partial charge is 0.326 e. The van der Waals surface area contributed by atoms with Gasteiger partial charge >= 0.3 is 5.97 Å². The number of carboxylic acids is 1. The maximum absolute atomic E-state index is 12.2. The number of hydrogen-bond acceptors (Lipinski definition) is 3. The number of nitrogens with zero attached hydrogens (tertiary/aromatic N) is 1. The third kappa shape index (κ3) is 3.78. The molecule has 0 fully saturated rings. The number of fused-ring (bicyclic) bond motifs is 1. The fourth-order valence-electron chi connectivity index (χ4n) is 2.12. The van der Waals surface area contributed by atoms with Crippen molar-refractivity contribution < 1.29 is 14.7 Å². The first-order chi connectivity index (χ1) is 10.1. The predicted octanol–water partition coefficient (Wildman–Crippen LogP) is 2.61. The van der Waals surface area contributed by atoms with Crippen LogP contribution in [0.25, 0.3) is 10.9 Å². The number of amides is 1. The highest BCUT2D eigenvalue weighted by Gasteiger charge is 2.20. The van der Waals surface area contributed by atoms with Crippen molar-refractivity contribution in [3.05, 3.63) is 42.1 Å². The quantitative estimate of drug-likeness (QED) is 0.855. The summed E-state index contributed by atoms with van der Waals surface area (Å²) in [7, 11) is 0. The Balaban J connectivity index is 2.15. The number of benzene rings is 1. The summed E-state index contributed by atoms with van der Waals surface area (Å²) in [6.07, 6.45) is 3.78. The number of pyridine rings is 1. The molecule has 0 aliphatic carbocycles. The molecule has 0 aliphatic heterocycles. The van der Waals surface area contributed by atoms with E-state index in [9.17, 15) is 9.59 Å². The highest BCUT2D eigenvalue weighted by molar-refractivity contribution is 5.99. The van der Waals surface area contributed by atoms with E-state index < -0.39 is 12.0 Å². The minimum atomic E-state index is -1.00. The van der Waals surface area contributed by atoms with Gasteiger partial charge in [-0.2, -0.15) is 0 Å². The zero-order chi connectivity index (χ0) is 15.2. The van der Waals surface area contributed by atoms with E-state index in [0.29, 0.717) is 12.0 Å². The molecular formula is C16H18N2O3. The van der Waals surface area contributed by atoms with Gasteiger partial charge in [-0.25, -0.2) is 4.79 Å². The lowest BCUT2D eigenvalue weighted by atomic mass is 10.1. The molecule has 0 bridgehead atoms. The number of nitrogens with one attached hydrogen (secondary N) is 1. The van der Waals surface area contributed by atoms with Crippen molar-refractivity contribution in [2.45, 2.75) is 32.2 Å². The van der Waals surface area contributed by atoms with Gasteiger partial charge in [0.2, 0.25) is 0 Å². The van der Waals surface area contributed by atoms with E-state index in [4.69, 9.17) is 5.11 Å². The zero-order valence-electron chi connectivity index (χ0n) is 11.9. The second kappa shape index (κ2) is 6.83. The van der Waals surface area contributed by atoms with Crippen molar-refractivity contribution in [3.63, 3.8) is 0 Å². The molecule has 2 rings (SSSR count). The molecule has 0 aliphatic rings. The van der Waals surface area contributed by atoms with Crippen LogP contribution in [0.15, 0.2) is 36.5 Å². The molecule has 1 aromatic heterocycles. The van der Waals surface area contributed by atoms with E-state index in [1.807, 2.05) is 13.0 Å². The van der Waals surface area contributed by atoms with Crippen LogP contribution in [0.5, 0.6) is 0 Å². The highest BCUT2D eigenvalue weighted by Crippen LogP contribution is 2.13. The number of unbranched alkanes of at least 4 members (excludes halogenated alkanes) is 1. The van der Waals surface area contributed by atoms with Gasteiger partial charge in [-0.05, 0) is 30.7 Å². The van der Waals surface area contributed by atoms with Crippen LogP contribution in [-0.2, 0) is 4.79 Å². The Labute approximate surface area is 123 Å². The summed E-state index contributed by atoms with van der Waals surface area (Å²) < 4.78 is 0. The lowest BCUT2D eigenvalue weighted by Crippen LogP contribution is -2.40. The number of aliphatic carboxylic acids is 1. The fourth-order valence-corrected chi connectivity index (χ4v) is 2.12. The van der Waals surface area contributed by atoms with Crippen LogP contribution < -0.4 is 5.32 Å². The molecule has 0 unspecified atom stereocenters. The molecule has 2 aromatic rings. The lowest BCUT2D eigenvalue weighted by Gasteiger charge is -2.14. The van der Waals surface area contributed by atoms with Crippen LogP contribution in [0.4, 0.5) is 0 Å². The first kappa shape index (κ1) is 15.0. The molecule has 0 saturated heterocycles. The fraction of sp³-hybridized carbons (Fsp3) is 0.312. The molecule has 21 heavy (non-hydrogen) atoms. The summed E-state index contributed by atoms with van der Waals surface area (Å²) in [5.41, 5.74) is 1.24. The van der Waals surface area contributed by atoms with E-state index in [1.54, 1.807) is 30.5 Å². The van der Waals surface area contributed by atoms with Crippen molar-refractivity contribution in [2.75, 3.05) is 0 Å². The standard InChI is InChI=1S/C16H18N2O3/c1-2-3-6-14(16(20)21)18-15(19)12-7-8-13-11(10-12)5-4-9-17-13/h4-5,7-10,14H,2-3,6H2,1H3,(H,18,19)(H,20,21)/t14-/m0/s1. The van der Waals surface area contributed by atoms with Crippen LogP contribution in [0, 0.1) is 0 Å². The van der Waals surface area contributed by atoms with Crippen LogP contribution in [0.3, 0.4) is 0 Å². The van der Waals surface area contributed by atoms with Gasteiger partial charge in [0.1, 0.15) is 6.04 Å². The van der Waals surface area contributed by atoms with Crippen molar-refractivity contribution in [1.82, 2.24) is 10.3 Å². The summed E-state index contributed by atoms with van der Waals surface area (Å²) in [5, 5.41) is 12.6. The van der Waals surface area contributed by atoms with Gasteiger partial charge < -0.3 is 10.4 Å². The molecule has 5 heteroatoms. The number of carbonyl (C=O) groups is 2. The Hall–Kier alpha value is -2.43.